The van der Waals surface area contributed by atoms with Gasteiger partial charge in [0.15, 0.2) is 18.9 Å². The van der Waals surface area contributed by atoms with Gasteiger partial charge in [-0.2, -0.15) is 0 Å². The zero-order valence-electron chi connectivity index (χ0n) is 17.3. The molecule has 0 aliphatic carbocycles. The van der Waals surface area contributed by atoms with E-state index >= 15 is 0 Å². The van der Waals surface area contributed by atoms with Crippen LogP contribution in [0.4, 0.5) is 0 Å². The van der Waals surface area contributed by atoms with E-state index in [4.69, 9.17) is 23.7 Å². The fraction of sp³-hybridized carbons (Fsp3) is 1.00. The SMILES string of the molecule is C[C@@H]1O[C@@H](O[C@H]2[C@H](O)[C@H](O)O[C@@H](C)[C@H]2O[C@@H]2O[C@@H](C)[C@@H](O)[C@@H](O)[C@@H]2O)[C@@H](O)[C@H](O)[C@@H]1O. The van der Waals surface area contributed by atoms with Crippen LogP contribution in [0.25, 0.3) is 0 Å². The van der Waals surface area contributed by atoms with E-state index in [1.165, 1.54) is 20.8 Å². The summed E-state index contributed by atoms with van der Waals surface area (Å²) >= 11 is 0. The number of ether oxygens (including phenoxy) is 5. The van der Waals surface area contributed by atoms with E-state index < -0.39 is 92.1 Å². The normalized spacial score (nSPS) is 56.4. The molecule has 0 aromatic carbocycles. The third-order valence-corrected chi connectivity index (χ3v) is 5.97. The van der Waals surface area contributed by atoms with Crippen LogP contribution in [0.5, 0.6) is 0 Å². The van der Waals surface area contributed by atoms with Crippen LogP contribution in [0.2, 0.25) is 0 Å². The lowest BCUT2D eigenvalue weighted by Gasteiger charge is -2.47. The molecule has 0 saturated carbocycles. The van der Waals surface area contributed by atoms with Crippen LogP contribution < -0.4 is 0 Å². The summed E-state index contributed by atoms with van der Waals surface area (Å²) in [6.07, 6.45) is -20.8. The second kappa shape index (κ2) is 9.77. The molecule has 3 heterocycles. The largest absolute Gasteiger partial charge is 0.388 e. The molecule has 3 aliphatic rings. The molecule has 31 heavy (non-hydrogen) atoms. The molecular weight excluding hydrogens is 424 g/mol. The van der Waals surface area contributed by atoms with E-state index in [0.717, 1.165) is 0 Å². The molecule has 8 N–H and O–H groups in total. The third-order valence-electron chi connectivity index (χ3n) is 5.97. The Balaban J connectivity index is 1.78. The standard InChI is InChI=1S/C18H32O13/c1-4-7(19)9(21)11(23)17(28-4)30-14-6(3)27-16(26)13(25)15(14)31-18-12(24)10(22)8(20)5(2)29-18/h4-26H,1-3H3/t4-,5-,6-,7+,8+,9+,10+,11-,12-,13-,14+,15-,16+,17-,18-/m0/s1. The van der Waals surface area contributed by atoms with Crippen LogP contribution >= 0.6 is 0 Å². The maximum atomic E-state index is 10.4. The molecule has 13 nitrogen and oxygen atoms in total. The van der Waals surface area contributed by atoms with E-state index in [1.807, 2.05) is 0 Å². The topological polar surface area (TPSA) is 208 Å². The molecule has 3 rings (SSSR count). The molecule has 3 fully saturated rings. The number of hydrogen-bond acceptors (Lipinski definition) is 13. The quantitative estimate of drug-likeness (QED) is 0.201. The summed E-state index contributed by atoms with van der Waals surface area (Å²) in [5.41, 5.74) is 0. The van der Waals surface area contributed by atoms with Gasteiger partial charge in [0.2, 0.25) is 0 Å². The van der Waals surface area contributed by atoms with E-state index in [9.17, 15) is 40.9 Å². The minimum absolute atomic E-state index is 0.890. The lowest BCUT2D eigenvalue weighted by Crippen LogP contribution is -2.65. The zero-order valence-corrected chi connectivity index (χ0v) is 17.3. The Bertz CT molecular complexity index is 595. The smallest absolute Gasteiger partial charge is 0.187 e. The zero-order chi connectivity index (χ0) is 23.2. The Kier molecular flexibility index (Phi) is 7.91. The van der Waals surface area contributed by atoms with Gasteiger partial charge in [-0.15, -0.1) is 0 Å². The third kappa shape index (κ3) is 4.89. The summed E-state index contributed by atoms with van der Waals surface area (Å²) in [5.74, 6) is 0. The lowest BCUT2D eigenvalue weighted by atomic mass is 9.96. The minimum atomic E-state index is -1.69. The summed E-state index contributed by atoms with van der Waals surface area (Å²) in [7, 11) is 0. The Labute approximate surface area is 178 Å². The van der Waals surface area contributed by atoms with Gasteiger partial charge in [-0.05, 0) is 20.8 Å². The predicted molar refractivity (Wildman–Crippen MR) is 97.0 cm³/mol. The van der Waals surface area contributed by atoms with Crippen molar-refractivity contribution in [3.05, 3.63) is 0 Å². The van der Waals surface area contributed by atoms with Crippen LogP contribution in [0, 0.1) is 0 Å². The van der Waals surface area contributed by atoms with Gasteiger partial charge >= 0.3 is 0 Å². The second-order valence-electron chi connectivity index (χ2n) is 8.29. The predicted octanol–water partition coefficient (Wildman–Crippen LogP) is -4.49. The van der Waals surface area contributed by atoms with E-state index in [0.29, 0.717) is 0 Å². The molecular formula is C18H32O13. The monoisotopic (exact) mass is 456 g/mol. The van der Waals surface area contributed by atoms with Gasteiger partial charge in [-0.25, -0.2) is 0 Å². The summed E-state index contributed by atoms with van der Waals surface area (Å²) in [5, 5.41) is 80.6. The van der Waals surface area contributed by atoms with E-state index in [2.05, 4.69) is 0 Å². The Hall–Kier alpha value is -0.520. The fourth-order valence-corrected chi connectivity index (χ4v) is 3.91. The molecule has 15 atom stereocenters. The maximum absolute atomic E-state index is 10.4. The van der Waals surface area contributed by atoms with Gasteiger partial charge in [0, 0.05) is 0 Å². The molecule has 0 spiro atoms. The summed E-state index contributed by atoms with van der Waals surface area (Å²) in [4.78, 5) is 0. The van der Waals surface area contributed by atoms with Crippen molar-refractivity contribution in [3.63, 3.8) is 0 Å². The Morgan fingerprint density at radius 1 is 0.452 bits per heavy atom. The number of rotatable bonds is 4. The average Bonchev–Trinajstić information content (AvgIpc) is 2.72. The molecule has 0 aromatic heterocycles. The Morgan fingerprint density at radius 2 is 0.871 bits per heavy atom. The summed E-state index contributed by atoms with van der Waals surface area (Å²) in [6.45, 7) is 4.39. The first kappa shape index (κ1) is 25.1. The van der Waals surface area contributed by atoms with Crippen LogP contribution in [-0.2, 0) is 23.7 Å². The Morgan fingerprint density at radius 3 is 1.32 bits per heavy atom. The average molecular weight is 456 g/mol. The van der Waals surface area contributed by atoms with Crippen LogP contribution in [0.15, 0.2) is 0 Å². The molecule has 0 bridgehead atoms. The fourth-order valence-electron chi connectivity index (χ4n) is 3.91. The molecule has 3 aliphatic heterocycles. The van der Waals surface area contributed by atoms with Crippen molar-refractivity contribution >= 4 is 0 Å². The van der Waals surface area contributed by atoms with Crippen LogP contribution in [-0.4, -0.2) is 133 Å². The van der Waals surface area contributed by atoms with Gasteiger partial charge < -0.3 is 64.5 Å². The van der Waals surface area contributed by atoms with Crippen LogP contribution in [0.1, 0.15) is 20.8 Å². The summed E-state index contributed by atoms with van der Waals surface area (Å²) < 4.78 is 27.4. The lowest BCUT2D eigenvalue weighted by molar-refractivity contribution is -0.377. The van der Waals surface area contributed by atoms with Gasteiger partial charge in [-0.1, -0.05) is 0 Å². The van der Waals surface area contributed by atoms with Gasteiger partial charge in [0.05, 0.1) is 18.3 Å². The van der Waals surface area contributed by atoms with Crippen molar-refractivity contribution < 1.29 is 64.5 Å². The van der Waals surface area contributed by atoms with E-state index in [-0.39, 0.29) is 0 Å². The molecule has 182 valence electrons. The first-order valence-electron chi connectivity index (χ1n) is 10.2. The first-order valence-corrected chi connectivity index (χ1v) is 10.2. The van der Waals surface area contributed by atoms with Gasteiger partial charge in [-0.3, -0.25) is 0 Å². The number of hydrogen-bond donors (Lipinski definition) is 8. The van der Waals surface area contributed by atoms with Gasteiger partial charge in [0.1, 0.15) is 54.9 Å². The minimum Gasteiger partial charge on any atom is -0.388 e. The highest BCUT2D eigenvalue weighted by molar-refractivity contribution is 4.95. The second-order valence-corrected chi connectivity index (χ2v) is 8.29. The highest BCUT2D eigenvalue weighted by Gasteiger charge is 2.52. The van der Waals surface area contributed by atoms with Crippen molar-refractivity contribution in [2.24, 2.45) is 0 Å². The van der Waals surface area contributed by atoms with Crippen molar-refractivity contribution in [2.75, 3.05) is 0 Å². The molecule has 3 saturated heterocycles. The van der Waals surface area contributed by atoms with Crippen molar-refractivity contribution in [1.82, 2.24) is 0 Å². The highest BCUT2D eigenvalue weighted by atomic mass is 16.8. The number of aliphatic hydroxyl groups excluding tert-OH is 8. The van der Waals surface area contributed by atoms with Crippen molar-refractivity contribution in [1.29, 1.82) is 0 Å². The van der Waals surface area contributed by atoms with Crippen molar-refractivity contribution in [2.45, 2.75) is 113 Å². The molecule has 13 heteroatoms. The molecule has 0 aromatic rings. The number of aliphatic hydroxyl groups is 8. The van der Waals surface area contributed by atoms with Crippen LogP contribution in [0.3, 0.4) is 0 Å². The van der Waals surface area contributed by atoms with Crippen molar-refractivity contribution in [3.8, 4) is 0 Å². The maximum Gasteiger partial charge on any atom is 0.187 e. The van der Waals surface area contributed by atoms with E-state index in [1.54, 1.807) is 0 Å². The first-order chi connectivity index (χ1) is 14.4. The highest BCUT2D eigenvalue weighted by Crippen LogP contribution is 2.32. The summed E-state index contributed by atoms with van der Waals surface area (Å²) in [6, 6.07) is 0. The van der Waals surface area contributed by atoms with Gasteiger partial charge in [0.25, 0.3) is 0 Å². The molecule has 0 amide bonds. The molecule has 0 unspecified atom stereocenters. The molecule has 0 radical (unpaired) electrons.